The minimum Gasteiger partial charge on any atom is -0.478 e. The van der Waals surface area contributed by atoms with Crippen LogP contribution in [0.1, 0.15) is 32.1 Å². The average Bonchev–Trinajstić information content (AvgIpc) is 2.70. The van der Waals surface area contributed by atoms with E-state index in [1.165, 1.54) is 12.1 Å². The number of aromatic amines is 1. The Morgan fingerprint density at radius 2 is 1.84 bits per heavy atom. The molecule has 0 saturated carbocycles. The Labute approximate surface area is 109 Å². The maximum absolute atomic E-state index is 12.1. The lowest BCUT2D eigenvalue weighted by molar-refractivity contribution is 0.0692. The van der Waals surface area contributed by atoms with Crippen LogP contribution >= 0.6 is 0 Å². The van der Waals surface area contributed by atoms with Crippen molar-refractivity contribution >= 4 is 17.6 Å². The molecule has 98 valence electrons. The molecule has 0 aliphatic rings. The molecule has 0 bridgehead atoms. The van der Waals surface area contributed by atoms with E-state index in [1.807, 2.05) is 0 Å². The van der Waals surface area contributed by atoms with Gasteiger partial charge < -0.3 is 10.4 Å². The first-order chi connectivity index (χ1) is 9.00. The van der Waals surface area contributed by atoms with Crippen molar-refractivity contribution < 1.29 is 14.7 Å². The van der Waals surface area contributed by atoms with Gasteiger partial charge in [0.05, 0.1) is 28.2 Å². The van der Waals surface area contributed by atoms with Crippen molar-refractivity contribution in [2.75, 3.05) is 5.32 Å². The summed E-state index contributed by atoms with van der Waals surface area (Å²) in [4.78, 5) is 23.2. The Morgan fingerprint density at radius 3 is 2.37 bits per heavy atom. The number of anilines is 1. The normalized spacial score (nSPS) is 10.2. The van der Waals surface area contributed by atoms with Crippen LogP contribution in [0, 0.1) is 13.8 Å². The molecule has 2 rings (SSSR count). The molecule has 0 radical (unpaired) electrons. The van der Waals surface area contributed by atoms with E-state index < -0.39 is 11.9 Å². The van der Waals surface area contributed by atoms with E-state index in [0.29, 0.717) is 11.4 Å². The van der Waals surface area contributed by atoms with Gasteiger partial charge in [-0.15, -0.1) is 0 Å². The van der Waals surface area contributed by atoms with Crippen LogP contribution in [0.2, 0.25) is 0 Å². The van der Waals surface area contributed by atoms with Gasteiger partial charge in [-0.2, -0.15) is 5.10 Å². The molecule has 1 aromatic heterocycles. The standard InChI is InChI=1S/C13H13N3O3/c1-7-11(8(2)16-15-7)14-12(17)9-5-3-4-6-10(9)13(18)19/h3-6H,1-2H3,(H,14,17)(H,15,16)(H,18,19). The number of rotatable bonds is 3. The highest BCUT2D eigenvalue weighted by atomic mass is 16.4. The van der Waals surface area contributed by atoms with Gasteiger partial charge in [0, 0.05) is 0 Å². The number of nitrogens with zero attached hydrogens (tertiary/aromatic N) is 1. The van der Waals surface area contributed by atoms with E-state index in [9.17, 15) is 9.59 Å². The number of carboxylic acid groups (broad SMARTS) is 1. The predicted molar refractivity (Wildman–Crippen MR) is 69.4 cm³/mol. The molecule has 0 spiro atoms. The molecule has 0 unspecified atom stereocenters. The molecule has 6 heteroatoms. The molecule has 3 N–H and O–H groups in total. The second-order valence-electron chi connectivity index (χ2n) is 4.11. The fourth-order valence-corrected chi connectivity index (χ4v) is 1.78. The van der Waals surface area contributed by atoms with Crippen LogP contribution < -0.4 is 5.32 Å². The highest BCUT2D eigenvalue weighted by Gasteiger charge is 2.17. The van der Waals surface area contributed by atoms with E-state index in [2.05, 4.69) is 15.5 Å². The first-order valence-corrected chi connectivity index (χ1v) is 5.66. The third-order valence-electron chi connectivity index (χ3n) is 2.77. The summed E-state index contributed by atoms with van der Waals surface area (Å²) in [5.74, 6) is -1.60. The van der Waals surface area contributed by atoms with E-state index in [-0.39, 0.29) is 11.1 Å². The number of amides is 1. The summed E-state index contributed by atoms with van der Waals surface area (Å²) in [6, 6.07) is 6.07. The lowest BCUT2D eigenvalue weighted by atomic mass is 10.1. The van der Waals surface area contributed by atoms with Crippen molar-refractivity contribution in [2.45, 2.75) is 13.8 Å². The van der Waals surface area contributed by atoms with Gasteiger partial charge in [-0.3, -0.25) is 9.89 Å². The molecule has 0 fully saturated rings. The van der Waals surface area contributed by atoms with E-state index in [4.69, 9.17) is 5.11 Å². The number of hydrogen-bond acceptors (Lipinski definition) is 3. The van der Waals surface area contributed by atoms with E-state index in [0.717, 1.165) is 5.69 Å². The van der Waals surface area contributed by atoms with E-state index in [1.54, 1.807) is 26.0 Å². The van der Waals surface area contributed by atoms with Crippen LogP contribution in [0.5, 0.6) is 0 Å². The molecule has 6 nitrogen and oxygen atoms in total. The van der Waals surface area contributed by atoms with Crippen molar-refractivity contribution in [2.24, 2.45) is 0 Å². The molecule has 0 aliphatic carbocycles. The number of aromatic carboxylic acids is 1. The van der Waals surface area contributed by atoms with Crippen LogP contribution in [0.4, 0.5) is 5.69 Å². The van der Waals surface area contributed by atoms with Crippen molar-refractivity contribution in [3.05, 3.63) is 46.8 Å². The fraction of sp³-hybridized carbons (Fsp3) is 0.154. The zero-order chi connectivity index (χ0) is 14.0. The van der Waals surface area contributed by atoms with Crippen LogP contribution in [-0.2, 0) is 0 Å². The number of aryl methyl sites for hydroxylation is 2. The third-order valence-corrected chi connectivity index (χ3v) is 2.77. The minimum absolute atomic E-state index is 0.0289. The predicted octanol–water partition coefficient (Wildman–Crippen LogP) is 1.98. The van der Waals surface area contributed by atoms with Gasteiger partial charge in [0.25, 0.3) is 5.91 Å². The largest absolute Gasteiger partial charge is 0.478 e. The number of hydrogen-bond donors (Lipinski definition) is 3. The van der Waals surface area contributed by atoms with E-state index >= 15 is 0 Å². The van der Waals surface area contributed by atoms with Gasteiger partial charge in [0.2, 0.25) is 0 Å². The number of aromatic nitrogens is 2. The number of carbonyl (C=O) groups excluding carboxylic acids is 1. The first kappa shape index (κ1) is 12.8. The van der Waals surface area contributed by atoms with Crippen molar-refractivity contribution in [1.29, 1.82) is 0 Å². The number of carboxylic acids is 1. The molecule has 19 heavy (non-hydrogen) atoms. The second-order valence-corrected chi connectivity index (χ2v) is 4.11. The van der Waals surface area contributed by atoms with Gasteiger partial charge in [-0.25, -0.2) is 4.79 Å². The first-order valence-electron chi connectivity index (χ1n) is 5.66. The SMILES string of the molecule is Cc1n[nH]c(C)c1NC(=O)c1ccccc1C(=O)O. The fourth-order valence-electron chi connectivity index (χ4n) is 1.78. The Bertz CT molecular complexity index is 627. The Hall–Kier alpha value is -2.63. The molecular weight excluding hydrogens is 246 g/mol. The molecular formula is C13H13N3O3. The number of carbonyl (C=O) groups is 2. The highest BCUT2D eigenvalue weighted by Crippen LogP contribution is 2.18. The minimum atomic E-state index is -1.13. The van der Waals surface area contributed by atoms with Gasteiger partial charge in [0.1, 0.15) is 0 Å². The lowest BCUT2D eigenvalue weighted by Gasteiger charge is -2.07. The van der Waals surface area contributed by atoms with Crippen molar-refractivity contribution in [3.8, 4) is 0 Å². The Kier molecular flexibility index (Phi) is 3.33. The quantitative estimate of drug-likeness (QED) is 0.785. The summed E-state index contributed by atoms with van der Waals surface area (Å²) in [5, 5.41) is 18.4. The second kappa shape index (κ2) is 4.93. The zero-order valence-corrected chi connectivity index (χ0v) is 10.5. The zero-order valence-electron chi connectivity index (χ0n) is 10.5. The summed E-state index contributed by atoms with van der Waals surface area (Å²) in [5.41, 5.74) is 2.04. The lowest BCUT2D eigenvalue weighted by Crippen LogP contribution is -2.17. The van der Waals surface area contributed by atoms with Crippen molar-refractivity contribution in [1.82, 2.24) is 10.2 Å². The molecule has 1 heterocycles. The summed E-state index contributed by atoms with van der Waals surface area (Å²) < 4.78 is 0. The number of benzene rings is 1. The summed E-state index contributed by atoms with van der Waals surface area (Å²) in [6.45, 7) is 3.53. The molecule has 0 saturated heterocycles. The summed E-state index contributed by atoms with van der Waals surface area (Å²) in [6.07, 6.45) is 0. The topological polar surface area (TPSA) is 95.1 Å². The number of nitrogens with one attached hydrogen (secondary N) is 2. The van der Waals surface area contributed by atoms with Gasteiger partial charge in [-0.1, -0.05) is 12.1 Å². The maximum Gasteiger partial charge on any atom is 0.336 e. The van der Waals surface area contributed by atoms with Crippen LogP contribution in [0.3, 0.4) is 0 Å². The van der Waals surface area contributed by atoms with Gasteiger partial charge >= 0.3 is 5.97 Å². The molecule has 2 aromatic rings. The van der Waals surface area contributed by atoms with Crippen molar-refractivity contribution in [3.63, 3.8) is 0 Å². The molecule has 0 aliphatic heterocycles. The Morgan fingerprint density at radius 1 is 1.21 bits per heavy atom. The molecule has 1 amide bonds. The third kappa shape index (κ3) is 2.47. The summed E-state index contributed by atoms with van der Waals surface area (Å²) in [7, 11) is 0. The smallest absolute Gasteiger partial charge is 0.336 e. The van der Waals surface area contributed by atoms with Crippen LogP contribution in [0.15, 0.2) is 24.3 Å². The van der Waals surface area contributed by atoms with Gasteiger partial charge in [-0.05, 0) is 26.0 Å². The number of H-pyrrole nitrogens is 1. The van der Waals surface area contributed by atoms with Crippen LogP contribution in [0.25, 0.3) is 0 Å². The van der Waals surface area contributed by atoms with Crippen LogP contribution in [-0.4, -0.2) is 27.2 Å². The summed E-state index contributed by atoms with van der Waals surface area (Å²) >= 11 is 0. The monoisotopic (exact) mass is 259 g/mol. The average molecular weight is 259 g/mol. The Balaban J connectivity index is 2.33. The highest BCUT2D eigenvalue weighted by molar-refractivity contribution is 6.11. The molecule has 1 aromatic carbocycles. The van der Waals surface area contributed by atoms with Gasteiger partial charge in [0.15, 0.2) is 0 Å². The maximum atomic E-state index is 12.1. The molecule has 0 atom stereocenters.